The molecule has 0 aromatic heterocycles. The van der Waals surface area contributed by atoms with Crippen molar-refractivity contribution < 1.29 is 4.79 Å². The van der Waals surface area contributed by atoms with Gasteiger partial charge in [0.15, 0.2) is 5.96 Å². The Morgan fingerprint density at radius 3 is 2.67 bits per heavy atom. The number of nitrogens with zero attached hydrogens (tertiary/aromatic N) is 2. The first-order valence-corrected chi connectivity index (χ1v) is 9.04. The number of likely N-dealkylation sites (tertiary alicyclic amines) is 1. The fourth-order valence-corrected chi connectivity index (χ4v) is 2.79. The average molecular weight is 330 g/mol. The van der Waals surface area contributed by atoms with Gasteiger partial charge in [0.1, 0.15) is 0 Å². The lowest BCUT2D eigenvalue weighted by Gasteiger charge is -2.21. The summed E-state index contributed by atoms with van der Waals surface area (Å²) in [5.74, 6) is 0.585. The third-order valence-electron chi connectivity index (χ3n) is 4.53. The Morgan fingerprint density at radius 2 is 2.00 bits per heavy atom. The van der Waals surface area contributed by atoms with Crippen LogP contribution in [-0.4, -0.2) is 35.9 Å². The van der Waals surface area contributed by atoms with E-state index in [1.54, 1.807) is 0 Å². The number of amides is 1. The summed E-state index contributed by atoms with van der Waals surface area (Å²) in [5.41, 5.74) is 7.83. The van der Waals surface area contributed by atoms with Crippen molar-refractivity contribution >= 4 is 11.9 Å². The van der Waals surface area contributed by atoms with Crippen LogP contribution in [0.3, 0.4) is 0 Å². The minimum atomic E-state index is -0.0318. The molecular formula is C19H30N4O. The molecule has 132 valence electrons. The number of guanidine groups is 1. The van der Waals surface area contributed by atoms with E-state index in [1.807, 2.05) is 31.2 Å². The van der Waals surface area contributed by atoms with Crippen LogP contribution in [-0.2, 0) is 6.54 Å². The Morgan fingerprint density at radius 1 is 1.29 bits per heavy atom. The predicted octanol–water partition coefficient (Wildman–Crippen LogP) is 2.91. The maximum absolute atomic E-state index is 12.2. The summed E-state index contributed by atoms with van der Waals surface area (Å²) >= 11 is 0. The number of hydrogen-bond acceptors (Lipinski definition) is 2. The second kappa shape index (κ2) is 9.30. The minimum absolute atomic E-state index is 0.0318. The van der Waals surface area contributed by atoms with E-state index < -0.39 is 0 Å². The summed E-state index contributed by atoms with van der Waals surface area (Å²) in [5, 5.41) is 2.99. The molecule has 0 bridgehead atoms. The Kier molecular flexibility index (Phi) is 7.09. The summed E-state index contributed by atoms with van der Waals surface area (Å²) in [6, 6.07) is 7.80. The fraction of sp³-hybridized carbons (Fsp3) is 0.579. The Bertz CT molecular complexity index is 562. The molecule has 1 aromatic rings. The molecule has 1 aliphatic heterocycles. The zero-order valence-corrected chi connectivity index (χ0v) is 14.9. The molecular weight excluding hydrogens is 300 g/mol. The lowest BCUT2D eigenvalue weighted by atomic mass is 10.1. The Balaban J connectivity index is 1.98. The monoisotopic (exact) mass is 330 g/mol. The lowest BCUT2D eigenvalue weighted by Crippen LogP contribution is -2.38. The van der Waals surface area contributed by atoms with Gasteiger partial charge < -0.3 is 16.0 Å². The molecule has 1 atom stereocenters. The van der Waals surface area contributed by atoms with Gasteiger partial charge in [-0.25, -0.2) is 4.99 Å². The number of hydrogen-bond donors (Lipinski definition) is 2. The van der Waals surface area contributed by atoms with E-state index in [4.69, 9.17) is 5.73 Å². The van der Waals surface area contributed by atoms with Crippen LogP contribution < -0.4 is 11.1 Å². The number of rotatable bonds is 5. The van der Waals surface area contributed by atoms with Gasteiger partial charge in [-0.1, -0.05) is 31.9 Å². The third kappa shape index (κ3) is 5.55. The molecule has 1 fully saturated rings. The summed E-state index contributed by atoms with van der Waals surface area (Å²) in [6.45, 7) is 6.56. The second-order valence-corrected chi connectivity index (χ2v) is 6.56. The summed E-state index contributed by atoms with van der Waals surface area (Å²) < 4.78 is 0. The standard InChI is InChI=1S/C19H30N4O/c1-3-15(2)22-18(24)17-10-8-9-16(13-17)14-21-19(20)23-11-6-4-5-7-12-23/h8-10,13,15H,3-7,11-12,14H2,1-2H3,(H2,20,21)(H,22,24). The topological polar surface area (TPSA) is 70.7 Å². The zero-order valence-electron chi connectivity index (χ0n) is 14.9. The highest BCUT2D eigenvalue weighted by atomic mass is 16.1. The van der Waals surface area contributed by atoms with E-state index in [1.165, 1.54) is 25.7 Å². The number of carbonyl (C=O) groups is 1. The van der Waals surface area contributed by atoms with Crippen molar-refractivity contribution in [2.24, 2.45) is 10.7 Å². The molecule has 1 heterocycles. The molecule has 2 rings (SSSR count). The first-order valence-electron chi connectivity index (χ1n) is 9.04. The molecule has 1 unspecified atom stereocenters. The van der Waals surface area contributed by atoms with Crippen molar-refractivity contribution in [1.29, 1.82) is 0 Å². The summed E-state index contributed by atoms with van der Waals surface area (Å²) in [4.78, 5) is 18.9. The zero-order chi connectivity index (χ0) is 17.4. The van der Waals surface area contributed by atoms with Gasteiger partial charge in [0.2, 0.25) is 0 Å². The molecule has 1 amide bonds. The van der Waals surface area contributed by atoms with Crippen LogP contribution in [0.5, 0.6) is 0 Å². The maximum Gasteiger partial charge on any atom is 0.251 e. The van der Waals surface area contributed by atoms with E-state index in [9.17, 15) is 4.79 Å². The Labute approximate surface area is 145 Å². The van der Waals surface area contributed by atoms with Crippen LogP contribution in [0.2, 0.25) is 0 Å². The van der Waals surface area contributed by atoms with Crippen LogP contribution >= 0.6 is 0 Å². The largest absolute Gasteiger partial charge is 0.370 e. The third-order valence-corrected chi connectivity index (χ3v) is 4.53. The van der Waals surface area contributed by atoms with Gasteiger partial charge in [-0.15, -0.1) is 0 Å². The van der Waals surface area contributed by atoms with Crippen molar-refractivity contribution in [3.8, 4) is 0 Å². The van der Waals surface area contributed by atoms with E-state index >= 15 is 0 Å². The highest BCUT2D eigenvalue weighted by molar-refractivity contribution is 5.94. The quantitative estimate of drug-likeness (QED) is 0.644. The molecule has 5 nitrogen and oxygen atoms in total. The number of benzene rings is 1. The van der Waals surface area contributed by atoms with E-state index in [-0.39, 0.29) is 11.9 Å². The fourth-order valence-electron chi connectivity index (χ4n) is 2.79. The van der Waals surface area contributed by atoms with Crippen LogP contribution in [0.15, 0.2) is 29.3 Å². The molecule has 5 heteroatoms. The van der Waals surface area contributed by atoms with Crippen molar-refractivity contribution in [1.82, 2.24) is 10.2 Å². The highest BCUT2D eigenvalue weighted by Gasteiger charge is 2.11. The number of aliphatic imine (C=N–C) groups is 1. The van der Waals surface area contributed by atoms with Crippen LogP contribution in [0.1, 0.15) is 61.9 Å². The lowest BCUT2D eigenvalue weighted by molar-refractivity contribution is 0.0939. The van der Waals surface area contributed by atoms with Gasteiger partial charge in [0, 0.05) is 24.7 Å². The van der Waals surface area contributed by atoms with Crippen molar-refractivity contribution in [2.75, 3.05) is 13.1 Å². The minimum Gasteiger partial charge on any atom is -0.370 e. The Hall–Kier alpha value is -2.04. The van der Waals surface area contributed by atoms with Crippen molar-refractivity contribution in [2.45, 2.75) is 58.5 Å². The van der Waals surface area contributed by atoms with E-state index in [0.29, 0.717) is 18.1 Å². The molecule has 0 spiro atoms. The predicted molar refractivity (Wildman–Crippen MR) is 99.0 cm³/mol. The van der Waals surface area contributed by atoms with Gasteiger partial charge in [0.05, 0.1) is 6.54 Å². The smallest absolute Gasteiger partial charge is 0.251 e. The van der Waals surface area contributed by atoms with Gasteiger partial charge in [-0.3, -0.25) is 4.79 Å². The van der Waals surface area contributed by atoms with Crippen LogP contribution in [0.25, 0.3) is 0 Å². The first-order chi connectivity index (χ1) is 11.6. The molecule has 3 N–H and O–H groups in total. The highest BCUT2D eigenvalue weighted by Crippen LogP contribution is 2.11. The van der Waals surface area contributed by atoms with Gasteiger partial charge >= 0.3 is 0 Å². The van der Waals surface area contributed by atoms with Crippen LogP contribution in [0.4, 0.5) is 0 Å². The molecule has 0 radical (unpaired) electrons. The maximum atomic E-state index is 12.2. The number of nitrogens with two attached hydrogens (primary N) is 1. The molecule has 1 aliphatic rings. The summed E-state index contributed by atoms with van der Waals surface area (Å²) in [6.07, 6.45) is 5.83. The second-order valence-electron chi connectivity index (χ2n) is 6.56. The van der Waals surface area contributed by atoms with E-state index in [2.05, 4.69) is 22.1 Å². The van der Waals surface area contributed by atoms with Crippen LogP contribution in [0, 0.1) is 0 Å². The van der Waals surface area contributed by atoms with Crippen molar-refractivity contribution in [3.05, 3.63) is 35.4 Å². The number of nitrogens with one attached hydrogen (secondary N) is 1. The van der Waals surface area contributed by atoms with Gasteiger partial charge in [0.25, 0.3) is 5.91 Å². The van der Waals surface area contributed by atoms with E-state index in [0.717, 1.165) is 25.1 Å². The van der Waals surface area contributed by atoms with Gasteiger partial charge in [-0.05, 0) is 43.9 Å². The first kappa shape index (κ1) is 18.3. The molecule has 24 heavy (non-hydrogen) atoms. The normalized spacial score (nSPS) is 17.2. The SMILES string of the molecule is CCC(C)NC(=O)c1cccc(CN=C(N)N2CCCCCC2)c1. The molecule has 1 saturated heterocycles. The molecule has 0 aliphatic carbocycles. The average Bonchev–Trinajstić information content (AvgIpc) is 2.89. The molecule has 1 aromatic carbocycles. The molecule has 0 saturated carbocycles. The van der Waals surface area contributed by atoms with Crippen molar-refractivity contribution in [3.63, 3.8) is 0 Å². The number of carbonyl (C=O) groups excluding carboxylic acids is 1. The summed E-state index contributed by atoms with van der Waals surface area (Å²) in [7, 11) is 0. The van der Waals surface area contributed by atoms with Gasteiger partial charge in [-0.2, -0.15) is 0 Å².